The van der Waals surface area contributed by atoms with Gasteiger partial charge in [0.2, 0.25) is 0 Å². The molecule has 0 spiro atoms. The molecule has 1 heterocycles. The van der Waals surface area contributed by atoms with Crippen LogP contribution in [-0.4, -0.2) is 42.2 Å². The van der Waals surface area contributed by atoms with E-state index in [1.54, 1.807) is 18.2 Å². The lowest BCUT2D eigenvalue weighted by atomic mass is 10.0. The molecule has 20 heavy (non-hydrogen) atoms. The fourth-order valence-electron chi connectivity index (χ4n) is 2.70. The average molecular weight is 277 g/mol. The van der Waals surface area contributed by atoms with Crippen molar-refractivity contribution in [2.75, 3.05) is 20.2 Å². The number of aromatic carboxylic acids is 1. The molecule has 1 unspecified atom stereocenters. The largest absolute Gasteiger partial charge is 0.493 e. The summed E-state index contributed by atoms with van der Waals surface area (Å²) in [7, 11) is 2.17. The Kier molecular flexibility index (Phi) is 5.01. The number of likely N-dealkylation sites (tertiary alicyclic amines) is 1. The number of aryl methyl sites for hydroxylation is 1. The summed E-state index contributed by atoms with van der Waals surface area (Å²) in [6, 6.07) is 5.61. The number of piperidine rings is 1. The van der Waals surface area contributed by atoms with Crippen molar-refractivity contribution >= 4 is 5.97 Å². The molecule has 0 saturated carbocycles. The second kappa shape index (κ2) is 6.75. The van der Waals surface area contributed by atoms with Crippen molar-refractivity contribution in [3.05, 3.63) is 29.3 Å². The van der Waals surface area contributed by atoms with Crippen LogP contribution in [0.4, 0.5) is 0 Å². The maximum absolute atomic E-state index is 11.0. The molecule has 0 aromatic heterocycles. The van der Waals surface area contributed by atoms with Crippen molar-refractivity contribution in [2.24, 2.45) is 0 Å². The molecule has 1 atom stereocenters. The van der Waals surface area contributed by atoms with Crippen LogP contribution in [0.1, 0.15) is 41.6 Å². The van der Waals surface area contributed by atoms with E-state index in [0.29, 0.717) is 18.4 Å². The van der Waals surface area contributed by atoms with Crippen LogP contribution in [0.5, 0.6) is 5.75 Å². The quantitative estimate of drug-likeness (QED) is 0.899. The Morgan fingerprint density at radius 1 is 1.45 bits per heavy atom. The van der Waals surface area contributed by atoms with Gasteiger partial charge in [-0.3, -0.25) is 0 Å². The summed E-state index contributed by atoms with van der Waals surface area (Å²) in [6.45, 7) is 3.74. The molecule has 110 valence electrons. The first kappa shape index (κ1) is 14.9. The molecule has 1 aromatic carbocycles. The minimum absolute atomic E-state index is 0.278. The Morgan fingerprint density at radius 2 is 2.25 bits per heavy atom. The molecule has 1 fully saturated rings. The smallest absolute Gasteiger partial charge is 0.335 e. The summed E-state index contributed by atoms with van der Waals surface area (Å²) >= 11 is 0. The van der Waals surface area contributed by atoms with Gasteiger partial charge in [-0.1, -0.05) is 12.5 Å². The lowest BCUT2D eigenvalue weighted by Crippen LogP contribution is -2.37. The molecule has 0 amide bonds. The van der Waals surface area contributed by atoms with E-state index in [2.05, 4.69) is 11.9 Å². The van der Waals surface area contributed by atoms with Crippen LogP contribution in [0, 0.1) is 6.92 Å². The molecule has 4 heteroatoms. The predicted molar refractivity (Wildman–Crippen MR) is 78.5 cm³/mol. The highest BCUT2D eigenvalue weighted by Crippen LogP contribution is 2.22. The van der Waals surface area contributed by atoms with Gasteiger partial charge >= 0.3 is 5.97 Å². The lowest BCUT2D eigenvalue weighted by molar-refractivity contribution is 0.0696. The highest BCUT2D eigenvalue weighted by Gasteiger charge is 2.18. The number of rotatable bonds is 5. The maximum Gasteiger partial charge on any atom is 0.335 e. The van der Waals surface area contributed by atoms with Gasteiger partial charge in [0, 0.05) is 6.04 Å². The first-order valence-electron chi connectivity index (χ1n) is 7.25. The van der Waals surface area contributed by atoms with Gasteiger partial charge in [0.25, 0.3) is 0 Å². The van der Waals surface area contributed by atoms with E-state index in [1.807, 2.05) is 6.92 Å². The topological polar surface area (TPSA) is 49.8 Å². The zero-order valence-electron chi connectivity index (χ0n) is 12.3. The molecule has 0 radical (unpaired) electrons. The monoisotopic (exact) mass is 277 g/mol. The van der Waals surface area contributed by atoms with Crippen molar-refractivity contribution in [3.8, 4) is 5.75 Å². The third-order valence-electron chi connectivity index (χ3n) is 4.07. The molecule has 1 aromatic rings. The molecular weight excluding hydrogens is 254 g/mol. The third-order valence-corrected chi connectivity index (χ3v) is 4.07. The Balaban J connectivity index is 1.90. The van der Waals surface area contributed by atoms with Crippen LogP contribution >= 0.6 is 0 Å². The minimum atomic E-state index is -0.915. The summed E-state index contributed by atoms with van der Waals surface area (Å²) in [5, 5.41) is 9.00. The third kappa shape index (κ3) is 3.73. The molecule has 2 rings (SSSR count). The number of benzene rings is 1. The molecular formula is C16H23NO3. The van der Waals surface area contributed by atoms with Gasteiger partial charge in [0.1, 0.15) is 5.75 Å². The molecule has 4 nitrogen and oxygen atoms in total. The van der Waals surface area contributed by atoms with E-state index in [1.165, 1.54) is 19.3 Å². The number of carbonyl (C=O) groups is 1. The van der Waals surface area contributed by atoms with Crippen LogP contribution in [0.15, 0.2) is 18.2 Å². The maximum atomic E-state index is 11.0. The van der Waals surface area contributed by atoms with Gasteiger partial charge in [0.05, 0.1) is 12.2 Å². The summed E-state index contributed by atoms with van der Waals surface area (Å²) in [5.74, 6) is -0.231. The summed E-state index contributed by atoms with van der Waals surface area (Å²) < 4.78 is 5.79. The average Bonchev–Trinajstić information content (AvgIpc) is 2.42. The second-order valence-corrected chi connectivity index (χ2v) is 5.55. The zero-order chi connectivity index (χ0) is 14.5. The summed E-state index contributed by atoms with van der Waals surface area (Å²) in [5.41, 5.74) is 1.26. The first-order valence-corrected chi connectivity index (χ1v) is 7.25. The number of carboxylic acid groups (broad SMARTS) is 1. The van der Waals surface area contributed by atoms with E-state index in [4.69, 9.17) is 9.84 Å². The number of hydrogen-bond acceptors (Lipinski definition) is 3. The van der Waals surface area contributed by atoms with Crippen molar-refractivity contribution < 1.29 is 14.6 Å². The van der Waals surface area contributed by atoms with Crippen LogP contribution < -0.4 is 4.74 Å². The normalized spacial score (nSPS) is 19.8. The Labute approximate surface area is 120 Å². The number of ether oxygens (including phenoxy) is 1. The fourth-order valence-corrected chi connectivity index (χ4v) is 2.70. The van der Waals surface area contributed by atoms with Gasteiger partial charge in [-0.15, -0.1) is 0 Å². The van der Waals surface area contributed by atoms with Gasteiger partial charge in [0.15, 0.2) is 0 Å². The summed E-state index contributed by atoms with van der Waals surface area (Å²) in [6.07, 6.45) is 4.80. The van der Waals surface area contributed by atoms with Gasteiger partial charge in [-0.05, 0) is 57.5 Å². The Morgan fingerprint density at radius 3 is 2.95 bits per heavy atom. The highest BCUT2D eigenvalue weighted by molar-refractivity contribution is 5.88. The van der Waals surface area contributed by atoms with Crippen molar-refractivity contribution in [1.29, 1.82) is 0 Å². The molecule has 1 aliphatic rings. The number of hydrogen-bond donors (Lipinski definition) is 1. The van der Waals surface area contributed by atoms with E-state index in [0.717, 1.165) is 18.5 Å². The Hall–Kier alpha value is -1.55. The molecule has 0 aliphatic carbocycles. The van der Waals surface area contributed by atoms with Crippen LogP contribution in [-0.2, 0) is 0 Å². The first-order chi connectivity index (χ1) is 9.58. The van der Waals surface area contributed by atoms with Crippen LogP contribution in [0.3, 0.4) is 0 Å². The van der Waals surface area contributed by atoms with E-state index < -0.39 is 5.97 Å². The molecule has 1 N–H and O–H groups in total. The fraction of sp³-hybridized carbons (Fsp3) is 0.562. The van der Waals surface area contributed by atoms with Crippen molar-refractivity contribution in [2.45, 2.75) is 38.6 Å². The highest BCUT2D eigenvalue weighted by atomic mass is 16.5. The van der Waals surface area contributed by atoms with E-state index >= 15 is 0 Å². The molecule has 0 bridgehead atoms. The van der Waals surface area contributed by atoms with Gasteiger partial charge < -0.3 is 14.7 Å². The number of carboxylic acids is 1. The minimum Gasteiger partial charge on any atom is -0.493 e. The zero-order valence-corrected chi connectivity index (χ0v) is 12.3. The van der Waals surface area contributed by atoms with Crippen molar-refractivity contribution in [3.63, 3.8) is 0 Å². The van der Waals surface area contributed by atoms with Gasteiger partial charge in [-0.25, -0.2) is 4.79 Å². The van der Waals surface area contributed by atoms with Crippen LogP contribution in [0.25, 0.3) is 0 Å². The lowest BCUT2D eigenvalue weighted by Gasteiger charge is -2.32. The van der Waals surface area contributed by atoms with E-state index in [9.17, 15) is 4.79 Å². The predicted octanol–water partition coefficient (Wildman–Crippen LogP) is 2.95. The standard InChI is InChI=1S/C16H23NO3/c1-12-6-7-13(16(18)19)11-15(12)20-10-8-14-5-3-4-9-17(14)2/h6-7,11,14H,3-5,8-10H2,1-2H3,(H,18,19). The summed E-state index contributed by atoms with van der Waals surface area (Å²) in [4.78, 5) is 13.4. The van der Waals surface area contributed by atoms with Gasteiger partial charge in [-0.2, -0.15) is 0 Å². The SMILES string of the molecule is Cc1ccc(C(=O)O)cc1OCCC1CCCCN1C. The van der Waals surface area contributed by atoms with E-state index in [-0.39, 0.29) is 5.56 Å². The number of nitrogens with zero attached hydrogens (tertiary/aromatic N) is 1. The molecule has 1 saturated heterocycles. The van der Waals surface area contributed by atoms with Crippen molar-refractivity contribution in [1.82, 2.24) is 4.90 Å². The van der Waals surface area contributed by atoms with Crippen LogP contribution in [0.2, 0.25) is 0 Å². The molecule has 1 aliphatic heterocycles. The Bertz CT molecular complexity index is 473. The second-order valence-electron chi connectivity index (χ2n) is 5.55.